The Labute approximate surface area is 138 Å². The second-order valence-corrected chi connectivity index (χ2v) is 7.41. The van der Waals surface area contributed by atoms with Gasteiger partial charge in [-0.25, -0.2) is 0 Å². The molecule has 2 N–H and O–H groups in total. The van der Waals surface area contributed by atoms with Gasteiger partial charge in [0.25, 0.3) is 0 Å². The van der Waals surface area contributed by atoms with Crippen molar-refractivity contribution in [2.75, 3.05) is 6.54 Å². The van der Waals surface area contributed by atoms with Crippen LogP contribution in [-0.2, 0) is 15.0 Å². The fourth-order valence-electron chi connectivity index (χ4n) is 3.49. The predicted octanol–water partition coefficient (Wildman–Crippen LogP) is 3.10. The number of rotatable bonds is 5. The highest BCUT2D eigenvalue weighted by molar-refractivity contribution is 9.10. The second-order valence-electron chi connectivity index (χ2n) is 6.49. The van der Waals surface area contributed by atoms with Crippen molar-refractivity contribution in [1.82, 2.24) is 5.32 Å². The van der Waals surface area contributed by atoms with Crippen LogP contribution in [0.4, 0.5) is 0 Å². The lowest BCUT2D eigenvalue weighted by Crippen LogP contribution is -2.50. The van der Waals surface area contributed by atoms with E-state index in [4.69, 9.17) is 5.11 Å². The van der Waals surface area contributed by atoms with Crippen LogP contribution in [0.2, 0.25) is 0 Å². The van der Waals surface area contributed by atoms with Crippen molar-refractivity contribution >= 4 is 27.8 Å². The van der Waals surface area contributed by atoms with Crippen molar-refractivity contribution in [3.63, 3.8) is 0 Å². The summed E-state index contributed by atoms with van der Waals surface area (Å²) in [7, 11) is 0. The molecular formula is C17H20BrNO3. The number of carboxylic acid groups (broad SMARTS) is 1. The Balaban J connectivity index is 1.64. The van der Waals surface area contributed by atoms with E-state index >= 15 is 0 Å². The van der Waals surface area contributed by atoms with Gasteiger partial charge in [-0.1, -0.05) is 34.5 Å². The molecule has 2 unspecified atom stereocenters. The lowest BCUT2D eigenvalue weighted by atomic mass is 9.64. The molecule has 2 fully saturated rings. The molecule has 0 heterocycles. The van der Waals surface area contributed by atoms with Gasteiger partial charge in [-0.3, -0.25) is 9.59 Å². The maximum atomic E-state index is 12.2. The van der Waals surface area contributed by atoms with Crippen LogP contribution in [0.25, 0.3) is 0 Å². The van der Waals surface area contributed by atoms with E-state index in [-0.39, 0.29) is 17.2 Å². The molecule has 2 saturated carbocycles. The number of nitrogens with one attached hydrogen (secondary N) is 1. The first-order valence-electron chi connectivity index (χ1n) is 7.78. The van der Waals surface area contributed by atoms with Crippen LogP contribution in [0.3, 0.4) is 0 Å². The number of hydrogen-bond acceptors (Lipinski definition) is 2. The van der Waals surface area contributed by atoms with Gasteiger partial charge in [-0.15, -0.1) is 0 Å². The Kier molecular flexibility index (Phi) is 4.26. The van der Waals surface area contributed by atoms with Crippen molar-refractivity contribution in [3.8, 4) is 0 Å². The van der Waals surface area contributed by atoms with Crippen LogP contribution >= 0.6 is 15.9 Å². The smallest absolute Gasteiger partial charge is 0.307 e. The summed E-state index contributed by atoms with van der Waals surface area (Å²) < 4.78 is 1.05. The zero-order chi connectivity index (χ0) is 15.7. The number of carbonyl (C=O) groups excluding carboxylic acids is 1. The van der Waals surface area contributed by atoms with Crippen LogP contribution in [-0.4, -0.2) is 23.5 Å². The van der Waals surface area contributed by atoms with Gasteiger partial charge >= 0.3 is 5.97 Å². The van der Waals surface area contributed by atoms with Gasteiger partial charge in [0.05, 0.1) is 11.8 Å². The molecule has 2 aliphatic rings. The van der Waals surface area contributed by atoms with Crippen molar-refractivity contribution < 1.29 is 14.7 Å². The third-order valence-electron chi connectivity index (χ3n) is 5.28. The molecule has 0 spiro atoms. The Morgan fingerprint density at radius 3 is 2.50 bits per heavy atom. The summed E-state index contributed by atoms with van der Waals surface area (Å²) in [6.45, 7) is 0.602. The van der Waals surface area contributed by atoms with Crippen LogP contribution in [0.5, 0.6) is 0 Å². The zero-order valence-corrected chi connectivity index (χ0v) is 13.9. The molecule has 0 aromatic heterocycles. The molecule has 22 heavy (non-hydrogen) atoms. The monoisotopic (exact) mass is 365 g/mol. The van der Waals surface area contributed by atoms with Crippen LogP contribution < -0.4 is 5.32 Å². The zero-order valence-electron chi connectivity index (χ0n) is 12.3. The molecular weight excluding hydrogens is 346 g/mol. The fraction of sp³-hybridized carbons (Fsp3) is 0.529. The molecule has 4 nitrogen and oxygen atoms in total. The number of hydrogen-bond donors (Lipinski definition) is 2. The molecule has 5 heteroatoms. The minimum Gasteiger partial charge on any atom is -0.481 e. The van der Waals surface area contributed by atoms with Crippen molar-refractivity contribution in [1.29, 1.82) is 0 Å². The van der Waals surface area contributed by atoms with E-state index in [0.717, 1.165) is 17.3 Å². The summed E-state index contributed by atoms with van der Waals surface area (Å²) in [5.74, 6) is -1.79. The van der Waals surface area contributed by atoms with Gasteiger partial charge in [0.15, 0.2) is 0 Å². The second kappa shape index (κ2) is 6.03. The van der Waals surface area contributed by atoms with Crippen LogP contribution in [0.1, 0.15) is 37.7 Å². The summed E-state index contributed by atoms with van der Waals surface area (Å²) in [6, 6.07) is 8.25. The van der Waals surface area contributed by atoms with Gasteiger partial charge in [-0.2, -0.15) is 0 Å². The highest BCUT2D eigenvalue weighted by Gasteiger charge is 2.43. The minimum absolute atomic E-state index is 0.0158. The molecule has 0 aliphatic heterocycles. The largest absolute Gasteiger partial charge is 0.481 e. The first kappa shape index (κ1) is 15.5. The van der Waals surface area contributed by atoms with Crippen LogP contribution in [0, 0.1) is 11.8 Å². The number of amides is 1. The third-order valence-corrected chi connectivity index (χ3v) is 5.77. The van der Waals surface area contributed by atoms with E-state index in [1.165, 1.54) is 12.0 Å². The van der Waals surface area contributed by atoms with Crippen molar-refractivity contribution in [2.24, 2.45) is 11.8 Å². The molecule has 2 atom stereocenters. The number of carbonyl (C=O) groups is 2. The fourth-order valence-corrected chi connectivity index (χ4v) is 3.89. The minimum atomic E-state index is -0.850. The van der Waals surface area contributed by atoms with E-state index < -0.39 is 11.9 Å². The summed E-state index contributed by atoms with van der Waals surface area (Å²) >= 11 is 3.50. The maximum Gasteiger partial charge on any atom is 0.307 e. The topological polar surface area (TPSA) is 66.4 Å². The predicted molar refractivity (Wildman–Crippen MR) is 86.5 cm³/mol. The highest BCUT2D eigenvalue weighted by Crippen LogP contribution is 2.44. The summed E-state index contributed by atoms with van der Waals surface area (Å²) in [6.07, 6.45) is 4.61. The quantitative estimate of drug-likeness (QED) is 0.842. The Morgan fingerprint density at radius 1 is 1.27 bits per heavy atom. The highest BCUT2D eigenvalue weighted by atomic mass is 79.9. The SMILES string of the molecule is O=C(O)C1CCC1C(=O)NCC1(c2cccc(Br)c2)CCC1. The molecule has 2 aliphatic carbocycles. The molecule has 1 aromatic rings. The van der Waals surface area contributed by atoms with Crippen molar-refractivity contribution in [3.05, 3.63) is 34.3 Å². The third kappa shape index (κ3) is 2.78. The lowest BCUT2D eigenvalue weighted by Gasteiger charge is -2.43. The summed E-state index contributed by atoms with van der Waals surface area (Å²) in [5.41, 5.74) is 1.26. The number of aliphatic carboxylic acids is 1. The normalized spacial score (nSPS) is 25.7. The molecule has 0 bridgehead atoms. The average Bonchev–Trinajstić information content (AvgIpc) is 2.35. The average molecular weight is 366 g/mol. The molecule has 118 valence electrons. The van der Waals surface area contributed by atoms with Gasteiger partial charge in [-0.05, 0) is 43.4 Å². The maximum absolute atomic E-state index is 12.2. The lowest BCUT2D eigenvalue weighted by molar-refractivity contribution is -0.152. The first-order valence-corrected chi connectivity index (χ1v) is 8.58. The summed E-state index contributed by atoms with van der Waals surface area (Å²) in [5, 5.41) is 12.1. The van der Waals surface area contributed by atoms with Gasteiger partial charge < -0.3 is 10.4 Å². The standard InChI is InChI=1S/C17H20BrNO3/c18-12-4-1-3-11(9-12)17(7-2-8-17)10-19-15(20)13-5-6-14(13)16(21)22/h1,3-4,9,13-14H,2,5-8,10H2,(H,19,20)(H,21,22). The number of benzene rings is 1. The van der Waals surface area contributed by atoms with Crippen LogP contribution in [0.15, 0.2) is 28.7 Å². The van der Waals surface area contributed by atoms with E-state index in [0.29, 0.717) is 19.4 Å². The van der Waals surface area contributed by atoms with Gasteiger partial charge in [0.1, 0.15) is 0 Å². The van der Waals surface area contributed by atoms with Crippen molar-refractivity contribution in [2.45, 2.75) is 37.5 Å². The molecule has 0 saturated heterocycles. The van der Waals surface area contributed by atoms with E-state index in [9.17, 15) is 9.59 Å². The molecule has 3 rings (SSSR count). The van der Waals surface area contributed by atoms with E-state index in [1.54, 1.807) is 0 Å². The number of carboxylic acids is 1. The van der Waals surface area contributed by atoms with E-state index in [2.05, 4.69) is 33.4 Å². The van der Waals surface area contributed by atoms with Gasteiger partial charge in [0.2, 0.25) is 5.91 Å². The Bertz CT molecular complexity index is 597. The Hall–Kier alpha value is -1.36. The van der Waals surface area contributed by atoms with Gasteiger partial charge in [0, 0.05) is 16.4 Å². The molecule has 1 amide bonds. The molecule has 1 aromatic carbocycles. The molecule has 0 radical (unpaired) electrons. The Morgan fingerprint density at radius 2 is 2.00 bits per heavy atom. The van der Waals surface area contributed by atoms with E-state index in [1.807, 2.05) is 12.1 Å². The first-order chi connectivity index (χ1) is 10.5. The summed E-state index contributed by atoms with van der Waals surface area (Å²) in [4.78, 5) is 23.3. The number of halogens is 1.